The molecule has 1 aliphatic carbocycles. The van der Waals surface area contributed by atoms with Crippen LogP contribution in [0.15, 0.2) is 60.7 Å². The van der Waals surface area contributed by atoms with Crippen molar-refractivity contribution in [2.75, 3.05) is 0 Å². The topological polar surface area (TPSA) is 20.3 Å². The van der Waals surface area contributed by atoms with E-state index in [4.69, 9.17) is 0 Å². The van der Waals surface area contributed by atoms with Crippen molar-refractivity contribution in [1.82, 2.24) is 4.90 Å². The molecule has 0 spiro atoms. The fourth-order valence-corrected chi connectivity index (χ4v) is 2.66. The number of carbonyl (C=O) groups is 1. The number of hydrogen-bond acceptors (Lipinski definition) is 1. The Morgan fingerprint density at radius 3 is 2.19 bits per heavy atom. The Labute approximate surface area is 126 Å². The van der Waals surface area contributed by atoms with Crippen LogP contribution < -0.4 is 0 Å². The van der Waals surface area contributed by atoms with Crippen LogP contribution in [0, 0.1) is 5.92 Å². The highest BCUT2D eigenvalue weighted by atomic mass is 16.2. The molecule has 0 radical (unpaired) electrons. The lowest BCUT2D eigenvalue weighted by molar-refractivity contribution is -0.135. The lowest BCUT2D eigenvalue weighted by Gasteiger charge is -2.30. The molecule has 2 heteroatoms. The van der Waals surface area contributed by atoms with E-state index < -0.39 is 0 Å². The highest BCUT2D eigenvalue weighted by Gasteiger charge is 2.35. The first-order valence-corrected chi connectivity index (χ1v) is 7.65. The van der Waals surface area contributed by atoms with E-state index in [1.54, 1.807) is 0 Å². The molecular formula is C19H21NO. The van der Waals surface area contributed by atoms with Gasteiger partial charge in [0.15, 0.2) is 0 Å². The van der Waals surface area contributed by atoms with Crippen LogP contribution in [0.4, 0.5) is 0 Å². The van der Waals surface area contributed by atoms with Gasteiger partial charge in [0.25, 0.3) is 0 Å². The van der Waals surface area contributed by atoms with Gasteiger partial charge in [0, 0.05) is 12.5 Å². The summed E-state index contributed by atoms with van der Waals surface area (Å²) in [4.78, 5) is 14.7. The summed E-state index contributed by atoms with van der Waals surface area (Å²) in [6, 6.07) is 20.6. The van der Waals surface area contributed by atoms with Crippen molar-refractivity contribution in [1.29, 1.82) is 0 Å². The normalized spacial score (nSPS) is 15.5. The number of carbonyl (C=O) groups excluding carboxylic acids is 1. The van der Waals surface area contributed by atoms with Crippen molar-refractivity contribution in [2.45, 2.75) is 32.4 Å². The molecule has 1 aliphatic rings. The van der Waals surface area contributed by atoms with E-state index in [1.807, 2.05) is 41.3 Å². The second-order valence-corrected chi connectivity index (χ2v) is 5.81. The van der Waals surface area contributed by atoms with E-state index in [-0.39, 0.29) is 12.0 Å². The van der Waals surface area contributed by atoms with Gasteiger partial charge in [-0.2, -0.15) is 0 Å². The minimum absolute atomic E-state index is 0.111. The monoisotopic (exact) mass is 279 g/mol. The van der Waals surface area contributed by atoms with Crippen LogP contribution in [0.1, 0.15) is 36.9 Å². The Morgan fingerprint density at radius 1 is 1.05 bits per heavy atom. The first-order chi connectivity index (χ1) is 10.3. The molecule has 1 saturated carbocycles. The maximum atomic E-state index is 12.7. The Balaban J connectivity index is 1.83. The highest BCUT2D eigenvalue weighted by Crippen LogP contribution is 2.34. The van der Waals surface area contributed by atoms with Crippen molar-refractivity contribution >= 4 is 5.91 Å². The van der Waals surface area contributed by atoms with Crippen LogP contribution in [0.25, 0.3) is 0 Å². The molecule has 0 saturated heterocycles. The molecular weight excluding hydrogens is 258 g/mol. The number of rotatable bonds is 5. The van der Waals surface area contributed by atoms with Crippen molar-refractivity contribution < 1.29 is 4.79 Å². The molecule has 108 valence electrons. The minimum Gasteiger partial charge on any atom is -0.331 e. The molecule has 0 aliphatic heterocycles. The zero-order valence-electron chi connectivity index (χ0n) is 12.4. The molecule has 0 N–H and O–H groups in total. The summed E-state index contributed by atoms with van der Waals surface area (Å²) in [5.41, 5.74) is 2.39. The quantitative estimate of drug-likeness (QED) is 0.803. The molecule has 1 atom stereocenters. The van der Waals surface area contributed by atoms with Gasteiger partial charge in [0.05, 0.1) is 6.04 Å². The fraction of sp³-hybridized carbons (Fsp3) is 0.316. The first kappa shape index (κ1) is 13.9. The lowest BCUT2D eigenvalue weighted by Crippen LogP contribution is -2.34. The summed E-state index contributed by atoms with van der Waals surface area (Å²) in [6.07, 6.45) is 2.09. The molecule has 2 aromatic carbocycles. The van der Waals surface area contributed by atoms with E-state index in [0.29, 0.717) is 12.5 Å². The highest BCUT2D eigenvalue weighted by molar-refractivity contribution is 5.81. The average Bonchev–Trinajstić information content (AvgIpc) is 3.38. The zero-order chi connectivity index (χ0) is 14.7. The van der Waals surface area contributed by atoms with Gasteiger partial charge in [-0.3, -0.25) is 4.79 Å². The third kappa shape index (κ3) is 3.33. The molecule has 21 heavy (non-hydrogen) atoms. The molecule has 3 rings (SSSR count). The third-order valence-corrected chi connectivity index (χ3v) is 4.15. The van der Waals surface area contributed by atoms with E-state index in [2.05, 4.69) is 31.2 Å². The van der Waals surface area contributed by atoms with E-state index in [0.717, 1.165) is 12.8 Å². The van der Waals surface area contributed by atoms with Crippen molar-refractivity contribution in [3.05, 3.63) is 71.8 Å². The number of nitrogens with zero attached hydrogens (tertiary/aromatic N) is 1. The molecule has 2 aromatic rings. The van der Waals surface area contributed by atoms with Gasteiger partial charge in [-0.25, -0.2) is 0 Å². The molecule has 0 heterocycles. The van der Waals surface area contributed by atoms with Crippen LogP contribution in [-0.4, -0.2) is 10.8 Å². The minimum atomic E-state index is 0.111. The second kappa shape index (κ2) is 6.13. The summed E-state index contributed by atoms with van der Waals surface area (Å²) in [5.74, 6) is 0.551. The van der Waals surface area contributed by atoms with E-state index in [1.165, 1.54) is 11.1 Å². The number of amides is 1. The standard InChI is InChI=1S/C19H21NO/c1-15(17-10-6-3-7-11-17)20(19(21)18-12-13-18)14-16-8-4-2-5-9-16/h2-11,15,18H,12-14H2,1H3/t15-/m0/s1. The predicted octanol–water partition coefficient (Wildman–Crippen LogP) is 4.19. The van der Waals surface area contributed by atoms with Crippen LogP contribution in [0.2, 0.25) is 0 Å². The maximum absolute atomic E-state index is 12.7. The maximum Gasteiger partial charge on any atom is 0.226 e. The van der Waals surface area contributed by atoms with Crippen molar-refractivity contribution in [3.63, 3.8) is 0 Å². The SMILES string of the molecule is C[C@@H](c1ccccc1)N(Cc1ccccc1)C(=O)C1CC1. The van der Waals surface area contributed by atoms with Crippen molar-refractivity contribution in [3.8, 4) is 0 Å². The largest absolute Gasteiger partial charge is 0.331 e. The van der Waals surface area contributed by atoms with Gasteiger partial charge < -0.3 is 4.90 Å². The summed E-state index contributed by atoms with van der Waals surface area (Å²) >= 11 is 0. The van der Waals surface area contributed by atoms with Gasteiger partial charge >= 0.3 is 0 Å². The Hall–Kier alpha value is -2.09. The van der Waals surface area contributed by atoms with Crippen LogP contribution >= 0.6 is 0 Å². The summed E-state index contributed by atoms with van der Waals surface area (Å²) in [7, 11) is 0. The molecule has 0 bridgehead atoms. The Morgan fingerprint density at radius 2 is 1.62 bits per heavy atom. The molecule has 0 aromatic heterocycles. The van der Waals surface area contributed by atoms with Gasteiger partial charge in [-0.1, -0.05) is 60.7 Å². The molecule has 1 fully saturated rings. The summed E-state index contributed by atoms with van der Waals surface area (Å²) < 4.78 is 0. The summed E-state index contributed by atoms with van der Waals surface area (Å²) in [6.45, 7) is 2.81. The molecule has 0 unspecified atom stereocenters. The van der Waals surface area contributed by atoms with Crippen LogP contribution in [0.5, 0.6) is 0 Å². The molecule has 1 amide bonds. The van der Waals surface area contributed by atoms with Gasteiger partial charge in [-0.15, -0.1) is 0 Å². The Kier molecular flexibility index (Phi) is 4.05. The van der Waals surface area contributed by atoms with Gasteiger partial charge in [-0.05, 0) is 30.9 Å². The lowest BCUT2D eigenvalue weighted by atomic mass is 10.1. The van der Waals surface area contributed by atoms with Crippen LogP contribution in [0.3, 0.4) is 0 Å². The zero-order valence-corrected chi connectivity index (χ0v) is 12.4. The van der Waals surface area contributed by atoms with E-state index in [9.17, 15) is 4.79 Å². The number of benzene rings is 2. The van der Waals surface area contributed by atoms with Crippen molar-refractivity contribution in [2.24, 2.45) is 5.92 Å². The van der Waals surface area contributed by atoms with Crippen LogP contribution in [-0.2, 0) is 11.3 Å². The molecule has 2 nitrogen and oxygen atoms in total. The van der Waals surface area contributed by atoms with E-state index >= 15 is 0 Å². The summed E-state index contributed by atoms with van der Waals surface area (Å²) in [5, 5.41) is 0. The average molecular weight is 279 g/mol. The third-order valence-electron chi connectivity index (χ3n) is 4.15. The van der Waals surface area contributed by atoms with Gasteiger partial charge in [0.2, 0.25) is 5.91 Å². The fourth-order valence-electron chi connectivity index (χ4n) is 2.66. The smallest absolute Gasteiger partial charge is 0.226 e. The predicted molar refractivity (Wildman–Crippen MR) is 84.6 cm³/mol. The Bertz CT molecular complexity index is 589. The number of hydrogen-bond donors (Lipinski definition) is 0. The second-order valence-electron chi connectivity index (χ2n) is 5.81. The first-order valence-electron chi connectivity index (χ1n) is 7.65. The van der Waals surface area contributed by atoms with Gasteiger partial charge in [0.1, 0.15) is 0 Å².